The Hall–Kier alpha value is -0.290. The molecule has 3 nitrogen and oxygen atoms in total. The molecular formula is C7H11NO2S2. The van der Waals surface area contributed by atoms with Crippen LogP contribution in [0.2, 0.25) is 0 Å². The molecule has 0 radical (unpaired) electrons. The second kappa shape index (κ2) is 4.09. The summed E-state index contributed by atoms with van der Waals surface area (Å²) in [4.78, 5) is 10.4. The van der Waals surface area contributed by atoms with E-state index in [9.17, 15) is 4.79 Å². The quantitative estimate of drug-likeness (QED) is 0.675. The Kier molecular flexibility index (Phi) is 3.34. The van der Waals surface area contributed by atoms with Gasteiger partial charge in [0.1, 0.15) is 4.32 Å². The van der Waals surface area contributed by atoms with Gasteiger partial charge < -0.3 is 10.4 Å². The van der Waals surface area contributed by atoms with Gasteiger partial charge >= 0.3 is 5.97 Å². The van der Waals surface area contributed by atoms with Crippen molar-refractivity contribution in [2.45, 2.75) is 19.4 Å². The largest absolute Gasteiger partial charge is 0.481 e. The molecule has 1 heterocycles. The Labute approximate surface area is 80.9 Å². The van der Waals surface area contributed by atoms with Crippen molar-refractivity contribution in [1.29, 1.82) is 0 Å². The van der Waals surface area contributed by atoms with Crippen LogP contribution >= 0.6 is 24.0 Å². The van der Waals surface area contributed by atoms with Crippen LogP contribution in [0.25, 0.3) is 0 Å². The molecule has 2 unspecified atom stereocenters. The van der Waals surface area contributed by atoms with E-state index in [1.165, 1.54) is 0 Å². The summed E-state index contributed by atoms with van der Waals surface area (Å²) in [6.07, 6.45) is 0.209. The smallest absolute Gasteiger partial charge is 0.303 e. The number of thiocarbonyl (C=S) groups is 1. The standard InChI is InChI=1S/C7H11NO2S2/c1-4(2-6(9)10)5-3-12-7(11)8-5/h4-5H,2-3H2,1H3,(H,8,11)(H,9,10). The first-order valence-corrected chi connectivity index (χ1v) is 5.14. The van der Waals surface area contributed by atoms with E-state index < -0.39 is 5.97 Å². The summed E-state index contributed by atoms with van der Waals surface area (Å²) in [6, 6.07) is 0.235. The number of thioether (sulfide) groups is 1. The molecule has 1 rings (SSSR count). The molecule has 0 aromatic carbocycles. The molecule has 0 aromatic rings. The molecule has 0 bridgehead atoms. The van der Waals surface area contributed by atoms with Crippen LogP contribution in [0, 0.1) is 5.92 Å². The highest BCUT2D eigenvalue weighted by Crippen LogP contribution is 2.21. The van der Waals surface area contributed by atoms with Crippen molar-refractivity contribution < 1.29 is 9.90 Å². The van der Waals surface area contributed by atoms with Crippen molar-refractivity contribution in [3.05, 3.63) is 0 Å². The van der Waals surface area contributed by atoms with Gasteiger partial charge in [0.05, 0.1) is 0 Å². The van der Waals surface area contributed by atoms with Crippen LogP contribution in [-0.2, 0) is 4.79 Å². The van der Waals surface area contributed by atoms with E-state index in [2.05, 4.69) is 5.32 Å². The predicted molar refractivity (Wildman–Crippen MR) is 53.4 cm³/mol. The fourth-order valence-electron chi connectivity index (χ4n) is 1.12. The first-order chi connectivity index (χ1) is 5.59. The minimum Gasteiger partial charge on any atom is -0.481 e. The van der Waals surface area contributed by atoms with Gasteiger partial charge in [-0.05, 0) is 5.92 Å². The number of nitrogens with one attached hydrogen (secondary N) is 1. The first-order valence-electron chi connectivity index (χ1n) is 3.74. The van der Waals surface area contributed by atoms with E-state index in [0.717, 1.165) is 10.1 Å². The number of hydrogen-bond donors (Lipinski definition) is 2. The van der Waals surface area contributed by atoms with E-state index in [0.29, 0.717) is 0 Å². The van der Waals surface area contributed by atoms with Crippen LogP contribution in [0.5, 0.6) is 0 Å². The number of carbonyl (C=O) groups is 1. The Morgan fingerprint density at radius 3 is 3.08 bits per heavy atom. The summed E-state index contributed by atoms with van der Waals surface area (Å²) in [5.74, 6) is 0.301. The number of hydrogen-bond acceptors (Lipinski definition) is 3. The Morgan fingerprint density at radius 2 is 2.67 bits per heavy atom. The first kappa shape index (κ1) is 9.80. The summed E-state index contributed by atoms with van der Waals surface area (Å²) in [6.45, 7) is 1.93. The second-order valence-electron chi connectivity index (χ2n) is 2.92. The maximum Gasteiger partial charge on any atom is 0.303 e. The second-order valence-corrected chi connectivity index (χ2v) is 4.62. The van der Waals surface area contributed by atoms with Crippen molar-refractivity contribution in [1.82, 2.24) is 5.32 Å². The van der Waals surface area contributed by atoms with Crippen molar-refractivity contribution in [3.63, 3.8) is 0 Å². The van der Waals surface area contributed by atoms with Gasteiger partial charge in [-0.25, -0.2) is 0 Å². The molecule has 2 atom stereocenters. The Balaban J connectivity index is 2.37. The average Bonchev–Trinajstić information content (AvgIpc) is 2.34. The Morgan fingerprint density at radius 1 is 2.00 bits per heavy atom. The Bertz CT molecular complexity index is 208. The van der Waals surface area contributed by atoms with Gasteiger partial charge in [0.2, 0.25) is 0 Å². The zero-order chi connectivity index (χ0) is 9.14. The van der Waals surface area contributed by atoms with E-state index in [-0.39, 0.29) is 18.4 Å². The van der Waals surface area contributed by atoms with Crippen LogP contribution in [0.3, 0.4) is 0 Å². The average molecular weight is 205 g/mol. The molecule has 68 valence electrons. The van der Waals surface area contributed by atoms with Crippen molar-refractivity contribution >= 4 is 34.3 Å². The number of carboxylic acids is 1. The third-order valence-electron chi connectivity index (χ3n) is 1.88. The van der Waals surface area contributed by atoms with Gasteiger partial charge in [-0.3, -0.25) is 4.79 Å². The highest BCUT2D eigenvalue weighted by Gasteiger charge is 2.25. The lowest BCUT2D eigenvalue weighted by molar-refractivity contribution is -0.138. The van der Waals surface area contributed by atoms with Gasteiger partial charge in [-0.15, -0.1) is 0 Å². The number of rotatable bonds is 3. The monoisotopic (exact) mass is 205 g/mol. The van der Waals surface area contributed by atoms with Crippen LogP contribution in [0.4, 0.5) is 0 Å². The van der Waals surface area contributed by atoms with Gasteiger partial charge in [0.25, 0.3) is 0 Å². The predicted octanol–water partition coefficient (Wildman–Crippen LogP) is 1.09. The highest BCUT2D eigenvalue weighted by atomic mass is 32.2. The van der Waals surface area contributed by atoms with Crippen molar-refractivity contribution in [2.24, 2.45) is 5.92 Å². The summed E-state index contributed by atoms with van der Waals surface area (Å²) >= 11 is 6.52. The molecular weight excluding hydrogens is 194 g/mol. The zero-order valence-corrected chi connectivity index (χ0v) is 8.37. The molecule has 5 heteroatoms. The van der Waals surface area contributed by atoms with Gasteiger partial charge in [-0.2, -0.15) is 0 Å². The molecule has 1 aliphatic rings. The number of carboxylic acid groups (broad SMARTS) is 1. The molecule has 2 N–H and O–H groups in total. The zero-order valence-electron chi connectivity index (χ0n) is 6.74. The summed E-state index contributed by atoms with van der Waals surface area (Å²) in [5, 5.41) is 11.6. The number of aliphatic carboxylic acids is 1. The molecule has 0 saturated carbocycles. The van der Waals surface area contributed by atoms with Gasteiger partial charge in [-0.1, -0.05) is 30.9 Å². The fraction of sp³-hybridized carbons (Fsp3) is 0.714. The highest BCUT2D eigenvalue weighted by molar-refractivity contribution is 8.23. The van der Waals surface area contributed by atoms with Crippen molar-refractivity contribution in [2.75, 3.05) is 5.75 Å². The van der Waals surface area contributed by atoms with Gasteiger partial charge in [0, 0.05) is 18.2 Å². The molecule has 0 amide bonds. The maximum atomic E-state index is 10.4. The lowest BCUT2D eigenvalue weighted by Gasteiger charge is -2.16. The SMILES string of the molecule is CC(CC(=O)O)C1CSC(=S)N1. The molecule has 1 aliphatic heterocycles. The minimum atomic E-state index is -0.743. The van der Waals surface area contributed by atoms with Crippen LogP contribution in [0.1, 0.15) is 13.3 Å². The normalized spacial score (nSPS) is 25.1. The van der Waals surface area contributed by atoms with Crippen molar-refractivity contribution in [3.8, 4) is 0 Å². The van der Waals surface area contributed by atoms with E-state index in [4.69, 9.17) is 17.3 Å². The molecule has 1 saturated heterocycles. The van der Waals surface area contributed by atoms with Crippen LogP contribution < -0.4 is 5.32 Å². The maximum absolute atomic E-state index is 10.4. The topological polar surface area (TPSA) is 49.3 Å². The van der Waals surface area contributed by atoms with Crippen LogP contribution in [0.15, 0.2) is 0 Å². The summed E-state index contributed by atoms with van der Waals surface area (Å²) in [7, 11) is 0. The molecule has 0 aliphatic carbocycles. The van der Waals surface area contributed by atoms with E-state index >= 15 is 0 Å². The fourth-order valence-corrected chi connectivity index (χ4v) is 2.46. The summed E-state index contributed by atoms with van der Waals surface area (Å²) < 4.78 is 0.789. The van der Waals surface area contributed by atoms with E-state index in [1.54, 1.807) is 11.8 Å². The molecule has 12 heavy (non-hydrogen) atoms. The van der Waals surface area contributed by atoms with E-state index in [1.807, 2.05) is 6.92 Å². The lowest BCUT2D eigenvalue weighted by atomic mass is 10.0. The third kappa shape index (κ3) is 2.64. The molecule has 1 fully saturated rings. The lowest BCUT2D eigenvalue weighted by Crippen LogP contribution is -2.33. The van der Waals surface area contributed by atoms with Gasteiger partial charge in [0.15, 0.2) is 0 Å². The molecule has 0 spiro atoms. The summed E-state index contributed by atoms with van der Waals surface area (Å²) in [5.41, 5.74) is 0. The molecule has 0 aromatic heterocycles. The van der Waals surface area contributed by atoms with Crippen LogP contribution in [-0.4, -0.2) is 27.2 Å². The third-order valence-corrected chi connectivity index (χ3v) is 3.26. The minimum absolute atomic E-state index is 0.149.